The fourth-order valence-corrected chi connectivity index (χ4v) is 4.26. The van der Waals surface area contributed by atoms with Gasteiger partial charge in [-0.25, -0.2) is 0 Å². The van der Waals surface area contributed by atoms with Gasteiger partial charge in [0.15, 0.2) is 0 Å². The predicted octanol–water partition coefficient (Wildman–Crippen LogP) is 1.28. The maximum absolute atomic E-state index is 13.1. The summed E-state index contributed by atoms with van der Waals surface area (Å²) in [5.41, 5.74) is 0. The minimum absolute atomic E-state index is 0.0282. The Bertz CT molecular complexity index is 581. The molecule has 0 radical (unpaired) electrons. The van der Waals surface area contributed by atoms with E-state index in [9.17, 15) is 4.79 Å². The molecule has 4 rings (SSSR count). The molecule has 0 aliphatic carbocycles. The Morgan fingerprint density at radius 1 is 1.21 bits per heavy atom. The Hall–Kier alpha value is -1.37. The van der Waals surface area contributed by atoms with E-state index in [0.717, 1.165) is 44.2 Å². The lowest BCUT2D eigenvalue weighted by Crippen LogP contribution is -2.54. The van der Waals surface area contributed by atoms with Crippen molar-refractivity contribution >= 4 is 5.91 Å². The first kappa shape index (κ1) is 16.1. The van der Waals surface area contributed by atoms with Gasteiger partial charge in [0.1, 0.15) is 11.5 Å². The molecule has 0 saturated carbocycles. The van der Waals surface area contributed by atoms with E-state index in [1.165, 1.54) is 0 Å². The molecule has 0 unspecified atom stereocenters. The molecule has 1 aromatic rings. The van der Waals surface area contributed by atoms with Crippen molar-refractivity contribution in [3.8, 4) is 0 Å². The molecule has 3 aliphatic rings. The number of carbonyl (C=O) groups excluding carboxylic acids is 1. The van der Waals surface area contributed by atoms with Crippen LogP contribution >= 0.6 is 0 Å². The van der Waals surface area contributed by atoms with Crippen LogP contribution < -0.4 is 0 Å². The topological polar surface area (TPSA) is 55.2 Å². The second-order valence-corrected chi connectivity index (χ2v) is 7.11. The molecule has 1 aromatic heterocycles. The smallest absolute Gasteiger partial charge is 0.227 e. The zero-order valence-electron chi connectivity index (χ0n) is 14.3. The van der Waals surface area contributed by atoms with Crippen molar-refractivity contribution in [1.29, 1.82) is 0 Å². The highest BCUT2D eigenvalue weighted by molar-refractivity contribution is 5.79. The van der Waals surface area contributed by atoms with Gasteiger partial charge in [-0.3, -0.25) is 9.69 Å². The Morgan fingerprint density at radius 2 is 2.04 bits per heavy atom. The summed E-state index contributed by atoms with van der Waals surface area (Å²) in [6.07, 6.45) is 1.17. The summed E-state index contributed by atoms with van der Waals surface area (Å²) in [5, 5.41) is 0. The Morgan fingerprint density at radius 3 is 2.79 bits per heavy atom. The number of carbonyl (C=O) groups is 1. The van der Waals surface area contributed by atoms with Crippen molar-refractivity contribution in [3.63, 3.8) is 0 Å². The fourth-order valence-electron chi connectivity index (χ4n) is 4.26. The van der Waals surface area contributed by atoms with Crippen molar-refractivity contribution in [2.45, 2.75) is 26.0 Å². The number of morpholine rings is 1. The lowest BCUT2D eigenvalue weighted by atomic mass is 9.81. The fraction of sp³-hybridized carbons (Fsp3) is 0.722. The molecule has 3 fully saturated rings. The van der Waals surface area contributed by atoms with Crippen LogP contribution in [0.15, 0.2) is 16.5 Å². The molecule has 6 nitrogen and oxygen atoms in total. The summed E-state index contributed by atoms with van der Waals surface area (Å²) in [4.78, 5) is 17.4. The highest BCUT2D eigenvalue weighted by Crippen LogP contribution is 2.35. The molecule has 1 amide bonds. The molecule has 0 bridgehead atoms. The number of piperidine rings is 1. The molecule has 3 aliphatic heterocycles. The maximum atomic E-state index is 13.1. The first-order valence-corrected chi connectivity index (χ1v) is 8.96. The summed E-state index contributed by atoms with van der Waals surface area (Å²) in [6, 6.07) is 4.01. The van der Waals surface area contributed by atoms with E-state index in [1.807, 2.05) is 24.0 Å². The average Bonchev–Trinajstić information content (AvgIpc) is 3.23. The summed E-state index contributed by atoms with van der Waals surface area (Å²) >= 11 is 0. The third-order valence-electron chi connectivity index (χ3n) is 5.49. The van der Waals surface area contributed by atoms with Crippen LogP contribution in [0.1, 0.15) is 17.9 Å². The van der Waals surface area contributed by atoms with Crippen LogP contribution in [0, 0.1) is 18.8 Å². The van der Waals surface area contributed by atoms with Crippen LogP contribution in [0.5, 0.6) is 0 Å². The maximum Gasteiger partial charge on any atom is 0.227 e. The van der Waals surface area contributed by atoms with Gasteiger partial charge in [-0.1, -0.05) is 0 Å². The van der Waals surface area contributed by atoms with Gasteiger partial charge in [0.25, 0.3) is 0 Å². The monoisotopic (exact) mass is 334 g/mol. The van der Waals surface area contributed by atoms with E-state index in [0.29, 0.717) is 32.2 Å². The van der Waals surface area contributed by atoms with Gasteiger partial charge in [-0.15, -0.1) is 0 Å². The van der Waals surface area contributed by atoms with Crippen LogP contribution in [-0.2, 0) is 20.8 Å². The molecular formula is C18H26N2O4. The lowest BCUT2D eigenvalue weighted by molar-refractivity contribution is -0.146. The number of aryl methyl sites for hydroxylation is 1. The minimum atomic E-state index is 0.0282. The number of hydrogen-bond donors (Lipinski definition) is 0. The van der Waals surface area contributed by atoms with Crippen LogP contribution in [0.2, 0.25) is 0 Å². The molecule has 3 saturated heterocycles. The van der Waals surface area contributed by atoms with E-state index in [1.54, 1.807) is 0 Å². The van der Waals surface area contributed by atoms with E-state index >= 15 is 0 Å². The standard InChI is InChI=1S/C18H26N2O4/c1-13-2-3-14(24-13)10-19-11-16(15-4-7-23-17(15)12-19)18(21)20-5-8-22-9-6-20/h2-3,15-17H,4-12H2,1H3/t15-,16+,17+/m1/s1. The van der Waals surface area contributed by atoms with Gasteiger partial charge in [0, 0.05) is 38.7 Å². The Balaban J connectivity index is 1.47. The van der Waals surface area contributed by atoms with Gasteiger partial charge in [0.2, 0.25) is 5.91 Å². The third-order valence-corrected chi connectivity index (χ3v) is 5.49. The molecule has 4 heterocycles. The van der Waals surface area contributed by atoms with Crippen molar-refractivity contribution < 1.29 is 18.7 Å². The molecule has 132 valence electrons. The van der Waals surface area contributed by atoms with E-state index in [4.69, 9.17) is 13.9 Å². The van der Waals surface area contributed by atoms with Crippen molar-refractivity contribution in [2.75, 3.05) is 46.0 Å². The molecule has 6 heteroatoms. The number of rotatable bonds is 3. The number of fused-ring (bicyclic) bond motifs is 1. The van der Waals surface area contributed by atoms with Crippen LogP contribution in [0.3, 0.4) is 0 Å². The molecular weight excluding hydrogens is 308 g/mol. The number of likely N-dealkylation sites (tertiary alicyclic amines) is 1. The highest BCUT2D eigenvalue weighted by atomic mass is 16.5. The van der Waals surface area contributed by atoms with Gasteiger partial charge >= 0.3 is 0 Å². The Kier molecular flexibility index (Phi) is 4.61. The van der Waals surface area contributed by atoms with Crippen molar-refractivity contribution in [2.24, 2.45) is 11.8 Å². The summed E-state index contributed by atoms with van der Waals surface area (Å²) in [6.45, 7) is 7.88. The van der Waals surface area contributed by atoms with Crippen LogP contribution in [0.4, 0.5) is 0 Å². The number of amides is 1. The molecule has 3 atom stereocenters. The lowest BCUT2D eigenvalue weighted by Gasteiger charge is -2.41. The van der Waals surface area contributed by atoms with Crippen molar-refractivity contribution in [3.05, 3.63) is 23.7 Å². The highest BCUT2D eigenvalue weighted by Gasteiger charge is 2.45. The average molecular weight is 334 g/mol. The quantitative estimate of drug-likeness (QED) is 0.834. The normalized spacial score (nSPS) is 31.2. The SMILES string of the molecule is Cc1ccc(CN2C[C@@H]3OCC[C@@H]3[C@@H](C(=O)N3CCOCC3)C2)o1. The Labute approximate surface area is 142 Å². The molecule has 0 N–H and O–H groups in total. The minimum Gasteiger partial charge on any atom is -0.465 e. The number of hydrogen-bond acceptors (Lipinski definition) is 5. The largest absolute Gasteiger partial charge is 0.465 e. The molecule has 24 heavy (non-hydrogen) atoms. The zero-order chi connectivity index (χ0) is 16.5. The molecule has 0 spiro atoms. The second kappa shape index (κ2) is 6.86. The van der Waals surface area contributed by atoms with Gasteiger partial charge < -0.3 is 18.8 Å². The number of furan rings is 1. The van der Waals surface area contributed by atoms with Crippen molar-refractivity contribution in [1.82, 2.24) is 9.80 Å². The number of ether oxygens (including phenoxy) is 2. The summed E-state index contributed by atoms with van der Waals surface area (Å²) < 4.78 is 17.0. The van der Waals surface area contributed by atoms with E-state index < -0.39 is 0 Å². The third kappa shape index (κ3) is 3.23. The summed E-state index contributed by atoms with van der Waals surface area (Å²) in [7, 11) is 0. The van der Waals surface area contributed by atoms with Gasteiger partial charge in [-0.05, 0) is 25.5 Å². The van der Waals surface area contributed by atoms with Crippen LogP contribution in [-0.4, -0.2) is 67.8 Å². The zero-order valence-corrected chi connectivity index (χ0v) is 14.3. The first-order valence-electron chi connectivity index (χ1n) is 8.96. The van der Waals surface area contributed by atoms with Gasteiger partial charge in [-0.2, -0.15) is 0 Å². The van der Waals surface area contributed by atoms with Crippen LogP contribution in [0.25, 0.3) is 0 Å². The number of nitrogens with zero attached hydrogens (tertiary/aromatic N) is 2. The first-order chi connectivity index (χ1) is 11.7. The van der Waals surface area contributed by atoms with E-state index in [-0.39, 0.29) is 17.9 Å². The predicted molar refractivity (Wildman–Crippen MR) is 87.5 cm³/mol. The van der Waals surface area contributed by atoms with E-state index in [2.05, 4.69) is 4.90 Å². The molecule has 0 aromatic carbocycles. The summed E-state index contributed by atoms with van der Waals surface area (Å²) in [5.74, 6) is 2.55. The second-order valence-electron chi connectivity index (χ2n) is 7.11. The van der Waals surface area contributed by atoms with Gasteiger partial charge in [0.05, 0.1) is 31.8 Å².